The Labute approximate surface area is 202 Å². The van der Waals surface area contributed by atoms with Crippen LogP contribution in [0.15, 0.2) is 48.5 Å². The monoisotopic (exact) mass is 465 g/mol. The van der Waals surface area contributed by atoms with Crippen molar-refractivity contribution in [3.8, 4) is 0 Å². The predicted molar refractivity (Wildman–Crippen MR) is 139 cm³/mol. The third-order valence-corrected chi connectivity index (χ3v) is 6.42. The molecule has 0 spiro atoms. The molecule has 1 atom stereocenters. The van der Waals surface area contributed by atoms with Gasteiger partial charge >= 0.3 is 0 Å². The largest absolute Gasteiger partial charge is 0.339 e. The van der Waals surface area contributed by atoms with E-state index in [-0.39, 0.29) is 22.8 Å². The minimum atomic E-state index is -0.315. The average molecular weight is 466 g/mol. The van der Waals surface area contributed by atoms with E-state index in [1.54, 1.807) is 12.1 Å². The van der Waals surface area contributed by atoms with E-state index >= 15 is 0 Å². The number of carbonyl (C=O) groups is 2. The van der Waals surface area contributed by atoms with Crippen LogP contribution in [-0.4, -0.2) is 34.9 Å². The SMILES string of the molecule is CC(C)Cc1ccc(C(C)C(=O)NC(=S)Nc2ccc(C(=O)N3CCC(C)CC3)cc2)cc1. The number of rotatable bonds is 6. The Bertz CT molecular complexity index is 962. The van der Waals surface area contributed by atoms with Gasteiger partial charge in [0, 0.05) is 24.3 Å². The van der Waals surface area contributed by atoms with Gasteiger partial charge in [0.15, 0.2) is 5.11 Å². The lowest BCUT2D eigenvalue weighted by Crippen LogP contribution is -2.38. The summed E-state index contributed by atoms with van der Waals surface area (Å²) < 4.78 is 0. The van der Waals surface area contributed by atoms with Crippen molar-refractivity contribution in [2.24, 2.45) is 11.8 Å². The third kappa shape index (κ3) is 7.13. The molecule has 2 N–H and O–H groups in total. The van der Waals surface area contributed by atoms with Gasteiger partial charge in [-0.25, -0.2) is 0 Å². The van der Waals surface area contributed by atoms with Crippen molar-refractivity contribution >= 4 is 34.8 Å². The molecule has 2 aromatic rings. The lowest BCUT2D eigenvalue weighted by Gasteiger charge is -2.30. The molecular formula is C27H35N3O2S. The van der Waals surface area contributed by atoms with Gasteiger partial charge in [-0.05, 0) is 85.6 Å². The second-order valence-corrected chi connectivity index (χ2v) is 9.96. The molecule has 1 heterocycles. The predicted octanol–water partition coefficient (Wildman–Crippen LogP) is 5.37. The Kier molecular flexibility index (Phi) is 8.61. The number of likely N-dealkylation sites (tertiary alicyclic amines) is 1. The number of hydrogen-bond acceptors (Lipinski definition) is 3. The van der Waals surface area contributed by atoms with Crippen LogP contribution in [0.25, 0.3) is 0 Å². The number of anilines is 1. The Balaban J connectivity index is 1.51. The van der Waals surface area contributed by atoms with Gasteiger partial charge in [-0.2, -0.15) is 0 Å². The van der Waals surface area contributed by atoms with Crippen LogP contribution in [0.2, 0.25) is 0 Å². The van der Waals surface area contributed by atoms with Crippen LogP contribution in [0.3, 0.4) is 0 Å². The number of amides is 2. The highest BCUT2D eigenvalue weighted by atomic mass is 32.1. The first-order valence-electron chi connectivity index (χ1n) is 11.8. The standard InChI is InChI=1S/C27H35N3O2S/c1-18(2)17-21-5-7-22(8-6-21)20(4)25(31)29-27(33)28-24-11-9-23(10-12-24)26(32)30-15-13-19(3)14-16-30/h5-12,18-20H,13-17H2,1-4H3,(H2,28,29,31,33). The van der Waals surface area contributed by atoms with E-state index in [0.29, 0.717) is 17.4 Å². The first kappa shape index (κ1) is 24.9. The molecule has 2 amide bonds. The van der Waals surface area contributed by atoms with Gasteiger partial charge in [-0.1, -0.05) is 45.0 Å². The quantitative estimate of drug-likeness (QED) is 0.563. The summed E-state index contributed by atoms with van der Waals surface area (Å²) in [5.41, 5.74) is 3.63. The Hall–Kier alpha value is -2.73. The van der Waals surface area contributed by atoms with Crippen molar-refractivity contribution < 1.29 is 9.59 Å². The maximum absolute atomic E-state index is 12.7. The molecule has 1 saturated heterocycles. The fourth-order valence-electron chi connectivity index (χ4n) is 4.04. The van der Waals surface area contributed by atoms with Crippen LogP contribution >= 0.6 is 12.2 Å². The zero-order valence-corrected chi connectivity index (χ0v) is 20.9. The van der Waals surface area contributed by atoms with E-state index in [1.807, 2.05) is 36.1 Å². The first-order chi connectivity index (χ1) is 15.7. The maximum atomic E-state index is 12.7. The molecule has 0 saturated carbocycles. The maximum Gasteiger partial charge on any atom is 0.253 e. The number of hydrogen-bond donors (Lipinski definition) is 2. The van der Waals surface area contributed by atoms with E-state index < -0.39 is 0 Å². The van der Waals surface area contributed by atoms with Gasteiger partial charge < -0.3 is 15.5 Å². The molecule has 0 radical (unpaired) electrons. The highest BCUT2D eigenvalue weighted by molar-refractivity contribution is 7.80. The Morgan fingerprint density at radius 3 is 2.18 bits per heavy atom. The average Bonchev–Trinajstić information content (AvgIpc) is 2.79. The van der Waals surface area contributed by atoms with Crippen LogP contribution in [0, 0.1) is 11.8 Å². The minimum absolute atomic E-state index is 0.0672. The summed E-state index contributed by atoms with van der Waals surface area (Å²) in [5, 5.41) is 6.05. The van der Waals surface area contributed by atoms with E-state index in [2.05, 4.69) is 43.5 Å². The molecule has 0 aliphatic carbocycles. The third-order valence-electron chi connectivity index (χ3n) is 6.21. The van der Waals surface area contributed by atoms with Gasteiger partial charge in [0.2, 0.25) is 5.91 Å². The molecular weight excluding hydrogens is 430 g/mol. The van der Waals surface area contributed by atoms with Crippen molar-refractivity contribution in [3.05, 3.63) is 65.2 Å². The summed E-state index contributed by atoms with van der Waals surface area (Å²) >= 11 is 5.33. The molecule has 5 nitrogen and oxygen atoms in total. The fraction of sp³-hybridized carbons (Fsp3) is 0.444. The normalized spacial score (nSPS) is 15.2. The number of nitrogens with one attached hydrogen (secondary N) is 2. The second kappa shape index (κ2) is 11.4. The molecule has 1 fully saturated rings. The summed E-state index contributed by atoms with van der Waals surface area (Å²) in [4.78, 5) is 27.3. The summed E-state index contributed by atoms with van der Waals surface area (Å²) in [5.74, 6) is 0.877. The fourth-order valence-corrected chi connectivity index (χ4v) is 4.26. The van der Waals surface area contributed by atoms with E-state index in [1.165, 1.54) is 5.56 Å². The van der Waals surface area contributed by atoms with E-state index in [9.17, 15) is 9.59 Å². The number of piperidine rings is 1. The van der Waals surface area contributed by atoms with Crippen molar-refractivity contribution in [2.45, 2.75) is 52.9 Å². The smallest absolute Gasteiger partial charge is 0.253 e. The van der Waals surface area contributed by atoms with Crippen LogP contribution in [0.5, 0.6) is 0 Å². The first-order valence-corrected chi connectivity index (χ1v) is 12.2. The molecule has 0 aromatic heterocycles. The molecule has 1 unspecified atom stereocenters. The zero-order chi connectivity index (χ0) is 24.0. The van der Waals surface area contributed by atoms with Gasteiger partial charge in [-0.3, -0.25) is 9.59 Å². The molecule has 3 rings (SSSR count). The van der Waals surface area contributed by atoms with Gasteiger partial charge in [-0.15, -0.1) is 0 Å². The number of thiocarbonyl (C=S) groups is 1. The topological polar surface area (TPSA) is 61.4 Å². The molecule has 0 bridgehead atoms. The Morgan fingerprint density at radius 2 is 1.61 bits per heavy atom. The molecule has 1 aliphatic heterocycles. The van der Waals surface area contributed by atoms with Gasteiger partial charge in [0.25, 0.3) is 5.91 Å². The van der Waals surface area contributed by atoms with E-state index in [0.717, 1.165) is 43.6 Å². The Morgan fingerprint density at radius 1 is 1.00 bits per heavy atom. The molecule has 33 heavy (non-hydrogen) atoms. The minimum Gasteiger partial charge on any atom is -0.339 e. The van der Waals surface area contributed by atoms with Crippen molar-refractivity contribution in [1.82, 2.24) is 10.2 Å². The molecule has 1 aliphatic rings. The lowest BCUT2D eigenvalue weighted by molar-refractivity contribution is -0.120. The molecule has 2 aromatic carbocycles. The summed E-state index contributed by atoms with van der Waals surface area (Å²) in [6.07, 6.45) is 3.14. The van der Waals surface area contributed by atoms with Crippen molar-refractivity contribution in [3.63, 3.8) is 0 Å². The number of nitrogens with zero attached hydrogens (tertiary/aromatic N) is 1. The number of benzene rings is 2. The molecule has 6 heteroatoms. The van der Waals surface area contributed by atoms with Gasteiger partial charge in [0.1, 0.15) is 0 Å². The highest BCUT2D eigenvalue weighted by Gasteiger charge is 2.21. The van der Waals surface area contributed by atoms with Crippen LogP contribution in [-0.2, 0) is 11.2 Å². The van der Waals surface area contributed by atoms with Crippen LogP contribution in [0.4, 0.5) is 5.69 Å². The van der Waals surface area contributed by atoms with Crippen LogP contribution in [0.1, 0.15) is 67.9 Å². The van der Waals surface area contributed by atoms with E-state index in [4.69, 9.17) is 12.2 Å². The number of carbonyl (C=O) groups excluding carboxylic acids is 2. The van der Waals surface area contributed by atoms with Crippen molar-refractivity contribution in [1.29, 1.82) is 0 Å². The van der Waals surface area contributed by atoms with Crippen molar-refractivity contribution in [2.75, 3.05) is 18.4 Å². The van der Waals surface area contributed by atoms with Gasteiger partial charge in [0.05, 0.1) is 5.92 Å². The molecule has 176 valence electrons. The zero-order valence-electron chi connectivity index (χ0n) is 20.1. The summed E-state index contributed by atoms with van der Waals surface area (Å²) in [6, 6.07) is 15.4. The van der Waals surface area contributed by atoms with Crippen LogP contribution < -0.4 is 10.6 Å². The lowest BCUT2D eigenvalue weighted by atomic mass is 9.96. The summed E-state index contributed by atoms with van der Waals surface area (Å²) in [7, 11) is 0. The summed E-state index contributed by atoms with van der Waals surface area (Å²) in [6.45, 7) is 10.1. The highest BCUT2D eigenvalue weighted by Crippen LogP contribution is 2.20. The second-order valence-electron chi connectivity index (χ2n) is 9.56.